The minimum Gasteiger partial charge on any atom is -0.370 e. The standard InChI is InChI=1S/C13H25N3/c1-2-3-10-4-6-11(7-5-10)15-13(14)16-12-8-9-12/h10-12H,2-9H2,1H3,(H3,14,15,16). The molecule has 0 unspecified atom stereocenters. The van der Waals surface area contributed by atoms with Gasteiger partial charge < -0.3 is 11.1 Å². The van der Waals surface area contributed by atoms with Crippen LogP contribution in [0.2, 0.25) is 0 Å². The quantitative estimate of drug-likeness (QED) is 0.568. The lowest BCUT2D eigenvalue weighted by Gasteiger charge is -2.26. The van der Waals surface area contributed by atoms with Gasteiger partial charge in [0.1, 0.15) is 0 Å². The number of guanidine groups is 1. The first-order valence-corrected chi connectivity index (χ1v) is 6.87. The van der Waals surface area contributed by atoms with Gasteiger partial charge in [-0.2, -0.15) is 0 Å². The molecule has 2 fully saturated rings. The molecule has 2 saturated carbocycles. The van der Waals surface area contributed by atoms with E-state index >= 15 is 0 Å². The summed E-state index contributed by atoms with van der Waals surface area (Å²) in [7, 11) is 0. The van der Waals surface area contributed by atoms with Crippen LogP contribution >= 0.6 is 0 Å². The monoisotopic (exact) mass is 223 g/mol. The van der Waals surface area contributed by atoms with Crippen molar-refractivity contribution in [2.45, 2.75) is 70.4 Å². The van der Waals surface area contributed by atoms with Crippen molar-refractivity contribution in [1.82, 2.24) is 5.32 Å². The van der Waals surface area contributed by atoms with Crippen LogP contribution in [-0.2, 0) is 0 Å². The van der Waals surface area contributed by atoms with Gasteiger partial charge in [-0.3, -0.25) is 4.99 Å². The molecule has 0 spiro atoms. The average Bonchev–Trinajstić information content (AvgIpc) is 3.05. The first kappa shape index (κ1) is 11.7. The second-order valence-electron chi connectivity index (χ2n) is 5.40. The molecule has 3 N–H and O–H groups in total. The molecule has 92 valence electrons. The highest BCUT2D eigenvalue weighted by atomic mass is 15.1. The van der Waals surface area contributed by atoms with Crippen molar-refractivity contribution < 1.29 is 0 Å². The minimum absolute atomic E-state index is 0.486. The summed E-state index contributed by atoms with van der Waals surface area (Å²) in [6.07, 6.45) is 10.4. The zero-order chi connectivity index (χ0) is 11.4. The van der Waals surface area contributed by atoms with E-state index in [1.165, 1.54) is 51.4 Å². The van der Waals surface area contributed by atoms with Gasteiger partial charge >= 0.3 is 0 Å². The molecular weight excluding hydrogens is 198 g/mol. The molecule has 3 nitrogen and oxygen atoms in total. The fourth-order valence-corrected chi connectivity index (χ4v) is 2.64. The van der Waals surface area contributed by atoms with Gasteiger partial charge in [-0.1, -0.05) is 19.8 Å². The van der Waals surface area contributed by atoms with Gasteiger partial charge in [-0.05, 0) is 44.4 Å². The van der Waals surface area contributed by atoms with Gasteiger partial charge in [-0.25, -0.2) is 0 Å². The highest BCUT2D eigenvalue weighted by Gasteiger charge is 2.23. The molecule has 0 radical (unpaired) electrons. The van der Waals surface area contributed by atoms with E-state index in [4.69, 9.17) is 5.73 Å². The molecule has 2 aliphatic carbocycles. The minimum atomic E-state index is 0.486. The molecule has 0 atom stereocenters. The zero-order valence-electron chi connectivity index (χ0n) is 10.4. The Balaban J connectivity index is 1.70. The van der Waals surface area contributed by atoms with E-state index in [9.17, 15) is 0 Å². The highest BCUT2D eigenvalue weighted by Crippen LogP contribution is 2.29. The average molecular weight is 223 g/mol. The van der Waals surface area contributed by atoms with Crippen molar-refractivity contribution in [2.24, 2.45) is 16.6 Å². The molecule has 0 aromatic heterocycles. The molecule has 2 rings (SSSR count). The Bertz CT molecular complexity index is 238. The first-order chi connectivity index (χ1) is 7.78. The number of rotatable bonds is 4. The molecule has 0 saturated heterocycles. The first-order valence-electron chi connectivity index (χ1n) is 6.87. The number of hydrogen-bond acceptors (Lipinski definition) is 1. The van der Waals surface area contributed by atoms with E-state index in [0.29, 0.717) is 18.0 Å². The molecule has 0 aliphatic heterocycles. The zero-order valence-corrected chi connectivity index (χ0v) is 10.4. The predicted octanol–water partition coefficient (Wildman–Crippen LogP) is 2.41. The summed E-state index contributed by atoms with van der Waals surface area (Å²) >= 11 is 0. The number of hydrogen-bond donors (Lipinski definition) is 2. The Morgan fingerprint density at radius 2 is 1.88 bits per heavy atom. The summed E-state index contributed by atoms with van der Waals surface area (Å²) in [5, 5.41) is 3.27. The van der Waals surface area contributed by atoms with Gasteiger partial charge in [0.2, 0.25) is 0 Å². The second kappa shape index (κ2) is 5.55. The Hall–Kier alpha value is -0.730. The topological polar surface area (TPSA) is 50.4 Å². The van der Waals surface area contributed by atoms with Gasteiger partial charge in [0, 0.05) is 6.04 Å². The molecule has 16 heavy (non-hydrogen) atoms. The molecule has 0 aromatic carbocycles. The number of nitrogens with zero attached hydrogens (tertiary/aromatic N) is 1. The summed E-state index contributed by atoms with van der Waals surface area (Å²) in [5.41, 5.74) is 5.88. The highest BCUT2D eigenvalue weighted by molar-refractivity contribution is 5.78. The fraction of sp³-hybridized carbons (Fsp3) is 0.923. The van der Waals surface area contributed by atoms with E-state index in [-0.39, 0.29) is 0 Å². The Kier molecular flexibility index (Phi) is 4.08. The lowest BCUT2D eigenvalue weighted by molar-refractivity contribution is 0.309. The maximum atomic E-state index is 5.88. The van der Waals surface area contributed by atoms with Crippen molar-refractivity contribution in [3.63, 3.8) is 0 Å². The number of nitrogens with one attached hydrogen (secondary N) is 1. The van der Waals surface area contributed by atoms with Gasteiger partial charge in [0.15, 0.2) is 5.96 Å². The largest absolute Gasteiger partial charge is 0.370 e. The summed E-state index contributed by atoms with van der Waals surface area (Å²) < 4.78 is 0. The number of aliphatic imine (C=N–C) groups is 1. The van der Waals surface area contributed by atoms with Crippen LogP contribution in [0.5, 0.6) is 0 Å². The third kappa shape index (κ3) is 3.69. The molecule has 0 amide bonds. The lowest BCUT2D eigenvalue weighted by atomic mass is 9.84. The van der Waals surface area contributed by atoms with E-state index < -0.39 is 0 Å². The van der Waals surface area contributed by atoms with E-state index in [1.807, 2.05) is 0 Å². The van der Waals surface area contributed by atoms with Crippen molar-refractivity contribution >= 4 is 5.96 Å². The summed E-state index contributed by atoms with van der Waals surface area (Å²) in [6.45, 7) is 2.28. The van der Waals surface area contributed by atoms with Crippen LogP contribution < -0.4 is 11.1 Å². The molecule has 3 heteroatoms. The Morgan fingerprint density at radius 3 is 2.44 bits per heavy atom. The molecular formula is C13H25N3. The fourth-order valence-electron chi connectivity index (χ4n) is 2.64. The van der Waals surface area contributed by atoms with E-state index in [2.05, 4.69) is 17.2 Å². The van der Waals surface area contributed by atoms with Crippen LogP contribution in [0.15, 0.2) is 4.99 Å². The molecule has 0 heterocycles. The van der Waals surface area contributed by atoms with E-state index in [1.54, 1.807) is 0 Å². The summed E-state index contributed by atoms with van der Waals surface area (Å²) in [6, 6.07) is 1.11. The van der Waals surface area contributed by atoms with Crippen LogP contribution in [0, 0.1) is 5.92 Å². The smallest absolute Gasteiger partial charge is 0.189 e. The number of nitrogens with two attached hydrogens (primary N) is 1. The molecule has 2 aliphatic rings. The second-order valence-corrected chi connectivity index (χ2v) is 5.40. The van der Waals surface area contributed by atoms with Crippen molar-refractivity contribution in [2.75, 3.05) is 0 Å². The molecule has 0 bridgehead atoms. The third-order valence-corrected chi connectivity index (χ3v) is 3.76. The summed E-state index contributed by atoms with van der Waals surface area (Å²) in [5.74, 6) is 1.63. The maximum absolute atomic E-state index is 5.88. The Morgan fingerprint density at radius 1 is 1.19 bits per heavy atom. The maximum Gasteiger partial charge on any atom is 0.189 e. The van der Waals surface area contributed by atoms with Crippen LogP contribution in [0.4, 0.5) is 0 Å². The van der Waals surface area contributed by atoms with Gasteiger partial charge in [0.05, 0.1) is 6.04 Å². The van der Waals surface area contributed by atoms with Crippen molar-refractivity contribution in [1.29, 1.82) is 0 Å². The van der Waals surface area contributed by atoms with Crippen LogP contribution in [0.25, 0.3) is 0 Å². The third-order valence-electron chi connectivity index (χ3n) is 3.76. The SMILES string of the molecule is CCCC1CCC(N=C(N)NC2CC2)CC1. The normalized spacial score (nSPS) is 31.4. The lowest BCUT2D eigenvalue weighted by Crippen LogP contribution is -2.35. The predicted molar refractivity (Wildman–Crippen MR) is 68.4 cm³/mol. The van der Waals surface area contributed by atoms with Crippen LogP contribution in [0.3, 0.4) is 0 Å². The van der Waals surface area contributed by atoms with E-state index in [0.717, 1.165) is 5.92 Å². The summed E-state index contributed by atoms with van der Waals surface area (Å²) in [4.78, 5) is 4.59. The molecule has 0 aromatic rings. The van der Waals surface area contributed by atoms with Crippen molar-refractivity contribution in [3.05, 3.63) is 0 Å². The van der Waals surface area contributed by atoms with Crippen molar-refractivity contribution in [3.8, 4) is 0 Å². The van der Waals surface area contributed by atoms with Crippen LogP contribution in [0.1, 0.15) is 58.3 Å². The van der Waals surface area contributed by atoms with Gasteiger partial charge in [0.25, 0.3) is 0 Å². The van der Waals surface area contributed by atoms with Gasteiger partial charge in [-0.15, -0.1) is 0 Å². The Labute approximate surface area is 98.9 Å². The van der Waals surface area contributed by atoms with Crippen LogP contribution in [-0.4, -0.2) is 18.0 Å².